The van der Waals surface area contributed by atoms with Gasteiger partial charge in [0.05, 0.1) is 10.1 Å². The summed E-state index contributed by atoms with van der Waals surface area (Å²) in [6, 6.07) is 19.3. The van der Waals surface area contributed by atoms with Crippen LogP contribution in [-0.4, -0.2) is 17.8 Å². The summed E-state index contributed by atoms with van der Waals surface area (Å²) in [5.41, 5.74) is 1.70. The first kappa shape index (κ1) is 24.0. The summed E-state index contributed by atoms with van der Waals surface area (Å²) in [5, 5.41) is 0.974. The summed E-state index contributed by atoms with van der Waals surface area (Å²) in [6.07, 6.45) is 4.02. The largest absolute Gasteiger partial charge is 0.297 e. The Bertz CT molecular complexity index is 782. The highest BCUT2D eigenvalue weighted by Crippen LogP contribution is 2.57. The van der Waals surface area contributed by atoms with Crippen molar-refractivity contribution in [2.24, 2.45) is 0 Å². The van der Waals surface area contributed by atoms with E-state index in [1.54, 1.807) is 11.6 Å². The molecule has 0 aliphatic carbocycles. The average molecular weight is 450 g/mol. The number of nitrogens with zero attached hydrogens (tertiary/aromatic N) is 1. The highest BCUT2D eigenvalue weighted by atomic mass is 35.5. The number of benzene rings is 2. The van der Waals surface area contributed by atoms with Gasteiger partial charge in [-0.15, -0.1) is 0 Å². The van der Waals surface area contributed by atoms with Crippen LogP contribution in [0.25, 0.3) is 10.1 Å². The third-order valence-electron chi connectivity index (χ3n) is 4.68. The third kappa shape index (κ3) is 7.46. The lowest BCUT2D eigenvalue weighted by atomic mass is 10.2. The molecule has 0 N–H and O–H groups in total. The lowest BCUT2D eigenvalue weighted by molar-refractivity contribution is 0.403. The molecule has 0 saturated heterocycles. The molecular weight excluding hydrogens is 420 g/mol. The van der Waals surface area contributed by atoms with Gasteiger partial charge in [0.2, 0.25) is 0 Å². The van der Waals surface area contributed by atoms with Gasteiger partial charge in [0.1, 0.15) is 0 Å². The Labute approximate surface area is 185 Å². The second kappa shape index (κ2) is 12.4. The highest BCUT2D eigenvalue weighted by Gasteiger charge is 2.27. The van der Waals surface area contributed by atoms with Gasteiger partial charge >= 0.3 is 0 Å². The number of unbranched alkanes of at least 4 members (excludes halogenated alkanes) is 2. The van der Waals surface area contributed by atoms with E-state index in [1.807, 2.05) is 60.7 Å². The minimum atomic E-state index is -3.09. The number of rotatable bonds is 11. The van der Waals surface area contributed by atoms with E-state index in [0.29, 0.717) is 10.1 Å². The molecule has 0 unspecified atom stereocenters. The topological polar surface area (TPSA) is 20.3 Å². The second-order valence-corrected chi connectivity index (χ2v) is 10.3. The van der Waals surface area contributed by atoms with Crippen molar-refractivity contribution >= 4 is 40.6 Å². The molecule has 29 heavy (non-hydrogen) atoms. The zero-order valence-corrected chi connectivity index (χ0v) is 19.6. The maximum Gasteiger partial charge on any atom is 0.196 e. The molecule has 0 aromatic heterocycles. The van der Waals surface area contributed by atoms with Crippen molar-refractivity contribution in [3.8, 4) is 0 Å². The van der Waals surface area contributed by atoms with Gasteiger partial charge in [-0.05, 0) is 24.0 Å². The lowest BCUT2D eigenvalue weighted by Crippen LogP contribution is -2.21. The molecule has 0 atom stereocenters. The number of hydrogen-bond donors (Lipinski definition) is 0. The standard InChI is InChI=1S/C24H30Cl2NOP/c1-3-5-17-27(18-6-4-2)29(28,19-23(25)21-13-9-7-10-14-21)20-24(26)22-15-11-8-12-16-22/h7-16,19-20H,3-6,17-18H2,1-2H3/b23-19-,24-20-. The van der Waals surface area contributed by atoms with Crippen LogP contribution in [0.1, 0.15) is 50.7 Å². The summed E-state index contributed by atoms with van der Waals surface area (Å²) in [5.74, 6) is 3.42. The first-order chi connectivity index (χ1) is 14.0. The predicted molar refractivity (Wildman–Crippen MR) is 130 cm³/mol. The number of halogens is 2. The molecule has 2 nitrogen and oxygen atoms in total. The molecule has 0 aliphatic rings. The summed E-state index contributed by atoms with van der Waals surface area (Å²) >= 11 is 13.2. The van der Waals surface area contributed by atoms with E-state index >= 15 is 0 Å². The molecule has 0 saturated carbocycles. The second-order valence-electron chi connectivity index (χ2n) is 7.02. The number of hydrogen-bond acceptors (Lipinski definition) is 1. The minimum absolute atomic E-state index is 0.487. The van der Waals surface area contributed by atoms with E-state index < -0.39 is 7.29 Å². The fourth-order valence-corrected chi connectivity index (χ4v) is 6.32. The predicted octanol–water partition coefficient (Wildman–Crippen LogP) is 8.64. The lowest BCUT2D eigenvalue weighted by Gasteiger charge is -2.28. The molecule has 0 bridgehead atoms. The van der Waals surface area contributed by atoms with Crippen molar-refractivity contribution in [3.63, 3.8) is 0 Å². The molecule has 2 rings (SSSR count). The van der Waals surface area contributed by atoms with Gasteiger partial charge < -0.3 is 0 Å². The SMILES string of the molecule is CCCCN(CCCC)P(=O)(/C=C(\Cl)c1ccccc1)/C=C(\Cl)c1ccccc1. The van der Waals surface area contributed by atoms with Crippen LogP contribution in [0.2, 0.25) is 0 Å². The Morgan fingerprint density at radius 2 is 1.17 bits per heavy atom. The molecule has 0 amide bonds. The Morgan fingerprint density at radius 3 is 1.52 bits per heavy atom. The Balaban J connectivity index is 2.51. The Hall–Kier alpha value is -1.31. The molecule has 0 aliphatic heterocycles. The monoisotopic (exact) mass is 449 g/mol. The van der Waals surface area contributed by atoms with Gasteiger partial charge in [-0.25, -0.2) is 4.67 Å². The summed E-state index contributed by atoms with van der Waals surface area (Å²) in [4.78, 5) is 0. The average Bonchev–Trinajstić information content (AvgIpc) is 2.74. The van der Waals surface area contributed by atoms with E-state index in [1.165, 1.54) is 0 Å². The zero-order chi connectivity index (χ0) is 21.1. The smallest absolute Gasteiger partial charge is 0.196 e. The highest BCUT2D eigenvalue weighted by molar-refractivity contribution is 7.68. The van der Waals surface area contributed by atoms with Gasteiger partial charge in [0.25, 0.3) is 0 Å². The normalized spacial score (nSPS) is 13.1. The van der Waals surface area contributed by atoms with Crippen molar-refractivity contribution in [2.45, 2.75) is 39.5 Å². The van der Waals surface area contributed by atoms with Gasteiger partial charge in [0, 0.05) is 24.7 Å². The van der Waals surface area contributed by atoms with Crippen LogP contribution in [0.5, 0.6) is 0 Å². The van der Waals surface area contributed by atoms with Crippen molar-refractivity contribution in [1.82, 2.24) is 4.67 Å². The van der Waals surface area contributed by atoms with E-state index in [2.05, 4.69) is 18.5 Å². The first-order valence-electron chi connectivity index (χ1n) is 10.2. The Kier molecular flexibility index (Phi) is 10.2. The molecule has 0 fully saturated rings. The zero-order valence-electron chi connectivity index (χ0n) is 17.2. The van der Waals surface area contributed by atoms with Crippen LogP contribution in [0.15, 0.2) is 72.3 Å². The molecule has 0 radical (unpaired) electrons. The van der Waals surface area contributed by atoms with Crippen LogP contribution in [0.4, 0.5) is 0 Å². The summed E-state index contributed by atoms with van der Waals surface area (Å²) < 4.78 is 16.4. The van der Waals surface area contributed by atoms with Crippen LogP contribution in [0, 0.1) is 0 Å². The van der Waals surface area contributed by atoms with E-state index in [0.717, 1.165) is 49.9 Å². The molecule has 156 valence electrons. The quantitative estimate of drug-likeness (QED) is 0.319. The van der Waals surface area contributed by atoms with Crippen LogP contribution in [0.3, 0.4) is 0 Å². The first-order valence-corrected chi connectivity index (χ1v) is 12.8. The fourth-order valence-electron chi connectivity index (χ4n) is 2.97. The van der Waals surface area contributed by atoms with E-state index in [-0.39, 0.29) is 0 Å². The Morgan fingerprint density at radius 1 is 0.793 bits per heavy atom. The van der Waals surface area contributed by atoms with Crippen molar-refractivity contribution < 1.29 is 4.57 Å². The van der Waals surface area contributed by atoms with Gasteiger partial charge in [-0.3, -0.25) is 4.57 Å². The van der Waals surface area contributed by atoms with Gasteiger partial charge in [-0.2, -0.15) is 0 Å². The molecular formula is C24H30Cl2NOP. The molecule has 5 heteroatoms. The minimum Gasteiger partial charge on any atom is -0.297 e. The molecule has 2 aromatic rings. The molecule has 0 heterocycles. The third-order valence-corrected chi connectivity index (χ3v) is 8.18. The van der Waals surface area contributed by atoms with Gasteiger partial charge in [-0.1, -0.05) is 111 Å². The summed E-state index contributed by atoms with van der Waals surface area (Å²) in [7, 11) is -3.09. The molecule has 2 aromatic carbocycles. The maximum absolute atomic E-state index is 14.3. The fraction of sp³-hybridized carbons (Fsp3) is 0.333. The maximum atomic E-state index is 14.3. The van der Waals surface area contributed by atoms with Crippen molar-refractivity contribution in [1.29, 1.82) is 0 Å². The van der Waals surface area contributed by atoms with Crippen LogP contribution < -0.4 is 0 Å². The van der Waals surface area contributed by atoms with Gasteiger partial charge in [0.15, 0.2) is 7.29 Å². The van der Waals surface area contributed by atoms with Crippen LogP contribution >= 0.6 is 30.5 Å². The molecule has 0 spiro atoms. The van der Waals surface area contributed by atoms with E-state index in [4.69, 9.17) is 23.2 Å². The van der Waals surface area contributed by atoms with Crippen molar-refractivity contribution in [3.05, 3.63) is 83.4 Å². The van der Waals surface area contributed by atoms with E-state index in [9.17, 15) is 4.57 Å². The van der Waals surface area contributed by atoms with Crippen molar-refractivity contribution in [2.75, 3.05) is 13.1 Å². The summed E-state index contributed by atoms with van der Waals surface area (Å²) in [6.45, 7) is 5.78. The van der Waals surface area contributed by atoms with Crippen LogP contribution in [-0.2, 0) is 4.57 Å².